The zero-order valence-electron chi connectivity index (χ0n) is 65.0. The van der Waals surface area contributed by atoms with E-state index in [1.165, 1.54) is 24.8 Å². The molecule has 0 radical (unpaired) electrons. The molecule has 3 saturated heterocycles. The van der Waals surface area contributed by atoms with Crippen molar-refractivity contribution in [3.63, 3.8) is 0 Å². The number of H-pyrrole nitrogens is 1. The third-order valence-electron chi connectivity index (χ3n) is 19.2. The van der Waals surface area contributed by atoms with Gasteiger partial charge in [0.1, 0.15) is 72.7 Å². The summed E-state index contributed by atoms with van der Waals surface area (Å²) in [5.74, 6) is -2.31. The number of likely N-dealkylation sites (tertiary alicyclic amines) is 1. The Morgan fingerprint density at radius 2 is 0.872 bits per heavy atom. The Kier molecular flexibility index (Phi) is 25.6. The molecule has 0 spiro atoms. The third-order valence-corrected chi connectivity index (χ3v) is 26.4. The highest BCUT2D eigenvalue weighted by atomic mass is 32.3. The van der Waals surface area contributed by atoms with Gasteiger partial charge in [-0.3, -0.25) is 15.1 Å². The smallest absolute Gasteiger partial charge is 0.278 e. The van der Waals surface area contributed by atoms with Crippen LogP contribution in [0.25, 0.3) is 55.4 Å². The van der Waals surface area contributed by atoms with Crippen molar-refractivity contribution in [1.82, 2.24) is 68.0 Å². The standard InChI is InChI=1S/C26H31F3N6O3SSi.C25H29F3N6OSi.C21H18F3N5O2S.C2H6O5S2/c1-39(36,37)35-14-18(13-31-35)17-9-22-25(30-12-17)34(16-38-7-8-40(2,3)4)32-26(22)33-15-20(28)11-24(33)21-10-19(27)5-6-23(21)29;1-36(2,3)7-6-35-15-34-24-21(8-16(11-29-24)17-12-30-31-13-17)25(32-34)33-14-19(27)10-23(33)20-9-18(26)4-5-22(20)28;1-32(30,31)29-10-13(8-27-29)12-4-17-19(25-7-12)9-26-21(17)28-11-15(23)6-20(28)16-5-14(22)2-3-18(16)24;1-8(3,4)7-9(2,5)6/h5-6,9-10,12-14,20,24H,7-8,11,15-16H2,1-4H3;4-5,8-9,11-13,19,23H,6-7,10,14-15H2,1-3H3,(H,30,31);2-5,7-8,10,15,20H,6,9,11H2,1H3;1-2H3/t20-,24+;19-,23+;15-,20+;/m000./s1. The topological polar surface area (TPSA) is 325 Å². The number of pyridine rings is 3. The number of amidine groups is 1. The average molecular weight is 1740 g/mol. The lowest BCUT2D eigenvalue weighted by Crippen LogP contribution is -2.32. The Morgan fingerprint density at radius 1 is 0.479 bits per heavy atom. The van der Waals surface area contributed by atoms with Gasteiger partial charge in [0.25, 0.3) is 40.3 Å². The lowest BCUT2D eigenvalue weighted by atomic mass is 10.0. The Morgan fingerprint density at radius 3 is 1.25 bits per heavy atom. The predicted molar refractivity (Wildman–Crippen MR) is 426 cm³/mol. The maximum Gasteiger partial charge on any atom is 0.278 e. The molecule has 3 fully saturated rings. The molecule has 3 aromatic carbocycles. The second kappa shape index (κ2) is 34.7. The van der Waals surface area contributed by atoms with Gasteiger partial charge in [-0.15, -0.1) is 3.63 Å². The second-order valence-corrected chi connectivity index (χ2v) is 49.4. The molecular formula is C74H84F9N17O11S4Si2. The van der Waals surface area contributed by atoms with Crippen molar-refractivity contribution < 1.29 is 86.3 Å². The molecule has 0 amide bonds. The van der Waals surface area contributed by atoms with Crippen LogP contribution in [0.15, 0.2) is 134 Å². The molecule has 4 aliphatic rings. The van der Waals surface area contributed by atoms with E-state index in [-0.39, 0.29) is 75.6 Å². The number of anilines is 2. The minimum Gasteiger partial charge on any atom is -0.359 e. The number of hydrogen-bond donors (Lipinski definition) is 1. The molecule has 43 heteroatoms. The fraction of sp³-hybridized carbons (Fsp3) is 0.392. The first-order valence-corrected chi connectivity index (χ1v) is 51.3. The van der Waals surface area contributed by atoms with E-state index in [2.05, 4.69) is 83.3 Å². The number of nitrogens with zero attached hydrogens (tertiary/aromatic N) is 16. The maximum absolute atomic E-state index is 14.9. The Bertz CT molecular complexity index is 5970. The van der Waals surface area contributed by atoms with Gasteiger partial charge in [-0.05, 0) is 84.9 Å². The van der Waals surface area contributed by atoms with Crippen LogP contribution < -0.4 is 9.80 Å². The largest absolute Gasteiger partial charge is 0.359 e. The molecule has 8 aromatic heterocycles. The molecule has 0 unspecified atom stereocenters. The van der Waals surface area contributed by atoms with Gasteiger partial charge in [0.15, 0.2) is 22.9 Å². The van der Waals surface area contributed by atoms with Crippen molar-refractivity contribution in [3.05, 3.63) is 191 Å². The van der Waals surface area contributed by atoms with Gasteiger partial charge < -0.3 is 24.2 Å². The average Bonchev–Trinajstić information content (AvgIpc) is 1.61. The quantitative estimate of drug-likeness (QED) is 0.0374. The first-order valence-electron chi connectivity index (χ1n) is 36.5. The van der Waals surface area contributed by atoms with Crippen LogP contribution in [0.4, 0.5) is 51.1 Å². The van der Waals surface area contributed by atoms with E-state index in [1.807, 2.05) is 6.07 Å². The van der Waals surface area contributed by atoms with Crippen LogP contribution in [0.2, 0.25) is 51.4 Å². The molecule has 11 aromatic rings. The molecule has 4 aliphatic heterocycles. The Labute approximate surface area is 671 Å². The minimum absolute atomic E-state index is 0.00483. The van der Waals surface area contributed by atoms with Crippen LogP contribution in [-0.4, -0.2) is 200 Å². The monoisotopic (exact) mass is 1740 g/mol. The van der Waals surface area contributed by atoms with Gasteiger partial charge in [0, 0.05) is 129 Å². The summed E-state index contributed by atoms with van der Waals surface area (Å²) in [6.07, 6.45) is 13.6. The fourth-order valence-corrected chi connectivity index (χ4v) is 18.0. The number of ether oxygens (including phenoxy) is 2. The number of aromatic amines is 1. The highest BCUT2D eigenvalue weighted by Crippen LogP contribution is 2.45. The highest BCUT2D eigenvalue weighted by Gasteiger charge is 2.42. The number of aliphatic imine (C=N–C) groups is 1. The van der Waals surface area contributed by atoms with Crippen molar-refractivity contribution in [2.24, 2.45) is 4.99 Å². The van der Waals surface area contributed by atoms with Crippen LogP contribution in [-0.2, 0) is 73.4 Å². The molecule has 28 nitrogen and oxygen atoms in total. The van der Waals surface area contributed by atoms with Crippen molar-refractivity contribution >= 4 is 96.0 Å². The van der Waals surface area contributed by atoms with Crippen molar-refractivity contribution in [1.29, 1.82) is 0 Å². The van der Waals surface area contributed by atoms with Gasteiger partial charge in [-0.25, -0.2) is 75.7 Å². The predicted octanol–water partition coefficient (Wildman–Crippen LogP) is 12.7. The first-order chi connectivity index (χ1) is 54.9. The lowest BCUT2D eigenvalue weighted by Gasteiger charge is -2.27. The maximum atomic E-state index is 14.9. The van der Waals surface area contributed by atoms with Gasteiger partial charge in [-0.2, -0.15) is 50.5 Å². The number of hydrogen-bond acceptors (Lipinski definition) is 23. The molecule has 0 saturated carbocycles. The van der Waals surface area contributed by atoms with E-state index in [9.17, 15) is 73.2 Å². The molecule has 15 rings (SSSR count). The summed E-state index contributed by atoms with van der Waals surface area (Å²) in [6.45, 7) is 15.2. The van der Waals surface area contributed by atoms with Crippen molar-refractivity contribution in [2.45, 2.75) is 127 Å². The highest BCUT2D eigenvalue weighted by molar-refractivity contribution is 7.99. The number of fused-ring (bicyclic) bond motifs is 3. The molecular weight excluding hydrogens is 1660 g/mol. The third kappa shape index (κ3) is 21.4. The number of rotatable bonds is 22. The SMILES string of the molecule is CS(=O)(=O)OS(C)(=O)=O.CS(=O)(=O)n1cc(-c2cnc3c(c2)C(N2C[C@@H](F)C[C@@H]2c2cc(F)ccc2F)=NC3)cn1.C[Si](C)(C)CCOCn1nc(N2C[C@@H](F)C[C@@H]2c2cc(F)ccc2F)c2cc(-c3cn[nH]c3)cnc21.C[Si](C)(C)CCOCn1nc(N2C[C@@H](F)C[C@@H]2c2cc(F)ccc2F)c2cc(-c3cnn(S(C)(=O)=O)c3)cnc21. The number of aromatic nitrogens is 13. The molecule has 626 valence electrons. The summed E-state index contributed by atoms with van der Waals surface area (Å²) in [6, 6.07) is 14.8. The van der Waals surface area contributed by atoms with E-state index in [0.717, 1.165) is 98.5 Å². The van der Waals surface area contributed by atoms with Gasteiger partial charge in [0.05, 0.1) is 117 Å². The number of benzene rings is 3. The molecule has 1 N–H and O–H groups in total. The molecule has 117 heavy (non-hydrogen) atoms. The molecule has 0 bridgehead atoms. The van der Waals surface area contributed by atoms with E-state index in [0.29, 0.717) is 98.8 Å². The Balaban J connectivity index is 0.000000154. The summed E-state index contributed by atoms with van der Waals surface area (Å²) >= 11 is 0. The normalized spacial score (nSPS) is 18.6. The van der Waals surface area contributed by atoms with Crippen LogP contribution >= 0.6 is 0 Å². The van der Waals surface area contributed by atoms with Crippen LogP contribution in [0.5, 0.6) is 0 Å². The van der Waals surface area contributed by atoms with Crippen LogP contribution in [0.1, 0.15) is 65.3 Å². The van der Waals surface area contributed by atoms with Gasteiger partial charge >= 0.3 is 0 Å². The Hall–Kier alpha value is -9.77. The van der Waals surface area contributed by atoms with Crippen molar-refractivity contribution in [2.75, 3.05) is 67.7 Å². The van der Waals surface area contributed by atoms with E-state index < -0.39 is 128 Å². The fourth-order valence-electron chi connectivity index (χ4n) is 13.7. The molecule has 6 atom stereocenters. The second-order valence-electron chi connectivity index (χ2n) is 31.1. The summed E-state index contributed by atoms with van der Waals surface area (Å²) < 4.78 is 238. The lowest BCUT2D eigenvalue weighted by molar-refractivity contribution is 0.0813. The van der Waals surface area contributed by atoms with E-state index in [1.54, 1.807) is 67.2 Å². The van der Waals surface area contributed by atoms with Gasteiger partial charge in [-0.1, -0.05) is 39.3 Å². The minimum atomic E-state index is -3.87. The molecule has 12 heterocycles. The number of nitrogens with one attached hydrogen (secondary N) is 1. The summed E-state index contributed by atoms with van der Waals surface area (Å²) in [5, 5.41) is 25.3. The van der Waals surface area contributed by atoms with E-state index in [4.69, 9.17) is 19.7 Å². The van der Waals surface area contributed by atoms with Crippen molar-refractivity contribution in [3.8, 4) is 33.4 Å². The first kappa shape index (κ1) is 86.6. The summed E-state index contributed by atoms with van der Waals surface area (Å²) in [7, 11) is -17.4. The summed E-state index contributed by atoms with van der Waals surface area (Å²) in [5.41, 5.74) is 6.45. The zero-order valence-corrected chi connectivity index (χ0v) is 70.2. The van der Waals surface area contributed by atoms with Crippen LogP contribution in [0, 0.1) is 34.9 Å². The van der Waals surface area contributed by atoms with Gasteiger partial charge in [0.2, 0.25) is 0 Å². The zero-order chi connectivity index (χ0) is 84.6. The summed E-state index contributed by atoms with van der Waals surface area (Å²) in [4.78, 5) is 23.2. The van der Waals surface area contributed by atoms with Crippen LogP contribution in [0.3, 0.4) is 0 Å². The molecule has 0 aliphatic carbocycles. The number of alkyl halides is 3. The van der Waals surface area contributed by atoms with E-state index >= 15 is 0 Å². The number of halogens is 9.